The van der Waals surface area contributed by atoms with Crippen LogP contribution in [-0.2, 0) is 4.79 Å². The van der Waals surface area contributed by atoms with Gasteiger partial charge in [0.05, 0.1) is 11.6 Å². The first-order chi connectivity index (χ1) is 6.97. The summed E-state index contributed by atoms with van der Waals surface area (Å²) >= 11 is 3.11. The summed E-state index contributed by atoms with van der Waals surface area (Å²) in [7, 11) is 1.40. The lowest BCUT2D eigenvalue weighted by atomic mass is 10.1. The first-order valence-corrected chi connectivity index (χ1v) is 4.74. The van der Waals surface area contributed by atoms with Crippen LogP contribution in [0.1, 0.15) is 11.7 Å². The first-order valence-electron chi connectivity index (χ1n) is 3.94. The number of phenols is 1. The van der Waals surface area contributed by atoms with E-state index in [0.717, 1.165) is 0 Å². The number of rotatable bonds is 3. The summed E-state index contributed by atoms with van der Waals surface area (Å²) in [4.78, 5) is 10.5. The molecule has 0 amide bonds. The van der Waals surface area contributed by atoms with Crippen molar-refractivity contribution in [2.45, 2.75) is 6.10 Å². The average molecular weight is 277 g/mol. The van der Waals surface area contributed by atoms with Gasteiger partial charge in [0.15, 0.2) is 6.10 Å². The molecule has 0 aromatic heterocycles. The van der Waals surface area contributed by atoms with E-state index in [4.69, 9.17) is 9.84 Å². The Bertz CT molecular complexity index is 390. The summed E-state index contributed by atoms with van der Waals surface area (Å²) in [5.41, 5.74) is -0.109. The van der Waals surface area contributed by atoms with E-state index in [9.17, 15) is 15.0 Å². The van der Waals surface area contributed by atoms with Gasteiger partial charge in [-0.05, 0) is 28.1 Å². The van der Waals surface area contributed by atoms with E-state index < -0.39 is 12.1 Å². The van der Waals surface area contributed by atoms with Gasteiger partial charge in [-0.3, -0.25) is 0 Å². The standard InChI is InChI=1S/C9H9BrO5/c1-15-7-2-4(8(12)9(13)14)6(11)3-5(7)10/h2-3,8,11-12H,1H3,(H,13,14). The fourth-order valence-electron chi connectivity index (χ4n) is 1.07. The number of carboxylic acid groups (broad SMARTS) is 1. The second-order valence-corrected chi connectivity index (χ2v) is 3.64. The summed E-state index contributed by atoms with van der Waals surface area (Å²) in [5, 5.41) is 27.3. The molecule has 0 heterocycles. The number of aliphatic carboxylic acids is 1. The van der Waals surface area contributed by atoms with Gasteiger partial charge in [0, 0.05) is 5.56 Å². The quantitative estimate of drug-likeness (QED) is 0.774. The maximum atomic E-state index is 10.5. The molecule has 0 spiro atoms. The Morgan fingerprint density at radius 1 is 1.53 bits per heavy atom. The highest BCUT2D eigenvalue weighted by Crippen LogP contribution is 2.35. The van der Waals surface area contributed by atoms with Crippen molar-refractivity contribution in [2.75, 3.05) is 7.11 Å². The molecule has 1 aromatic carbocycles. The van der Waals surface area contributed by atoms with Gasteiger partial charge in [-0.1, -0.05) is 0 Å². The van der Waals surface area contributed by atoms with Gasteiger partial charge in [0.2, 0.25) is 0 Å². The Kier molecular flexibility index (Phi) is 3.54. The minimum atomic E-state index is -1.77. The number of hydrogen-bond acceptors (Lipinski definition) is 4. The summed E-state index contributed by atoms with van der Waals surface area (Å²) < 4.78 is 5.38. The van der Waals surface area contributed by atoms with Crippen LogP contribution < -0.4 is 4.74 Å². The van der Waals surface area contributed by atoms with Gasteiger partial charge in [0.25, 0.3) is 0 Å². The molecule has 0 aliphatic rings. The fourth-order valence-corrected chi connectivity index (χ4v) is 1.56. The van der Waals surface area contributed by atoms with E-state index in [-0.39, 0.29) is 11.3 Å². The van der Waals surface area contributed by atoms with Crippen LogP contribution in [0.4, 0.5) is 0 Å². The molecule has 0 radical (unpaired) electrons. The lowest BCUT2D eigenvalue weighted by molar-refractivity contribution is -0.147. The van der Waals surface area contributed by atoms with E-state index in [2.05, 4.69) is 15.9 Å². The van der Waals surface area contributed by atoms with Crippen molar-refractivity contribution in [3.8, 4) is 11.5 Å². The van der Waals surface area contributed by atoms with Crippen molar-refractivity contribution in [3.05, 3.63) is 22.2 Å². The number of aliphatic hydroxyl groups excluding tert-OH is 1. The van der Waals surface area contributed by atoms with Crippen LogP contribution in [0.3, 0.4) is 0 Å². The van der Waals surface area contributed by atoms with Crippen molar-refractivity contribution in [3.63, 3.8) is 0 Å². The molecule has 1 unspecified atom stereocenters. The minimum Gasteiger partial charge on any atom is -0.508 e. The largest absolute Gasteiger partial charge is 0.508 e. The minimum absolute atomic E-state index is 0.109. The van der Waals surface area contributed by atoms with Crippen molar-refractivity contribution >= 4 is 21.9 Å². The molecule has 0 aliphatic carbocycles. The number of ether oxygens (including phenoxy) is 1. The molecule has 6 heteroatoms. The van der Waals surface area contributed by atoms with Crippen molar-refractivity contribution < 1.29 is 24.9 Å². The van der Waals surface area contributed by atoms with Gasteiger partial charge in [-0.2, -0.15) is 0 Å². The fraction of sp³-hybridized carbons (Fsp3) is 0.222. The summed E-state index contributed by atoms with van der Waals surface area (Å²) in [6, 6.07) is 2.53. The number of methoxy groups -OCH3 is 1. The van der Waals surface area contributed by atoms with Crippen LogP contribution in [0.2, 0.25) is 0 Å². The lowest BCUT2D eigenvalue weighted by Gasteiger charge is -2.11. The number of aromatic hydroxyl groups is 1. The summed E-state index contributed by atoms with van der Waals surface area (Å²) in [6.07, 6.45) is -1.77. The second kappa shape index (κ2) is 4.50. The van der Waals surface area contributed by atoms with E-state index in [0.29, 0.717) is 10.2 Å². The van der Waals surface area contributed by atoms with E-state index >= 15 is 0 Å². The second-order valence-electron chi connectivity index (χ2n) is 2.79. The molecule has 82 valence electrons. The molecule has 1 aromatic rings. The molecule has 3 N–H and O–H groups in total. The number of hydrogen-bond donors (Lipinski definition) is 3. The van der Waals surface area contributed by atoms with Crippen LogP contribution in [0, 0.1) is 0 Å². The lowest BCUT2D eigenvalue weighted by Crippen LogP contribution is -2.10. The Morgan fingerprint density at radius 2 is 2.13 bits per heavy atom. The molecule has 0 saturated heterocycles. The molecule has 0 bridgehead atoms. The van der Waals surface area contributed by atoms with Crippen molar-refractivity contribution in [1.82, 2.24) is 0 Å². The smallest absolute Gasteiger partial charge is 0.337 e. The van der Waals surface area contributed by atoms with Crippen LogP contribution >= 0.6 is 15.9 Å². The number of carbonyl (C=O) groups is 1. The molecule has 1 rings (SSSR count). The third kappa shape index (κ3) is 2.40. The molecule has 0 saturated carbocycles. The molecule has 0 aliphatic heterocycles. The Balaban J connectivity index is 3.24. The Labute approximate surface area is 94.1 Å². The number of benzene rings is 1. The summed E-state index contributed by atoms with van der Waals surface area (Å²) in [5.74, 6) is -1.41. The van der Waals surface area contributed by atoms with Crippen molar-refractivity contribution in [2.24, 2.45) is 0 Å². The first kappa shape index (κ1) is 11.8. The van der Waals surface area contributed by atoms with Gasteiger partial charge < -0.3 is 20.1 Å². The molecular weight excluding hydrogens is 268 g/mol. The van der Waals surface area contributed by atoms with E-state index in [1.54, 1.807) is 0 Å². The molecule has 5 nitrogen and oxygen atoms in total. The molecule has 15 heavy (non-hydrogen) atoms. The molecule has 1 atom stereocenters. The van der Waals surface area contributed by atoms with Gasteiger partial charge in [-0.15, -0.1) is 0 Å². The SMILES string of the molecule is COc1cc(C(O)C(=O)O)c(O)cc1Br. The predicted octanol–water partition coefficient (Wildman–Crippen LogP) is 1.28. The maximum absolute atomic E-state index is 10.5. The highest BCUT2D eigenvalue weighted by atomic mass is 79.9. The predicted molar refractivity (Wildman–Crippen MR) is 55.0 cm³/mol. The normalized spacial score (nSPS) is 12.2. The zero-order valence-electron chi connectivity index (χ0n) is 7.77. The highest BCUT2D eigenvalue weighted by molar-refractivity contribution is 9.10. The zero-order valence-corrected chi connectivity index (χ0v) is 9.35. The van der Waals surface area contributed by atoms with E-state index in [1.807, 2.05) is 0 Å². The van der Waals surface area contributed by atoms with Crippen LogP contribution in [0.25, 0.3) is 0 Å². The monoisotopic (exact) mass is 276 g/mol. The maximum Gasteiger partial charge on any atom is 0.337 e. The number of carboxylic acids is 1. The number of phenolic OH excluding ortho intramolecular Hbond substituents is 1. The number of halogens is 1. The van der Waals surface area contributed by atoms with Crippen molar-refractivity contribution in [1.29, 1.82) is 0 Å². The third-order valence-corrected chi connectivity index (χ3v) is 2.45. The summed E-state index contributed by atoms with van der Waals surface area (Å²) in [6.45, 7) is 0. The van der Waals surface area contributed by atoms with Crippen LogP contribution in [-0.4, -0.2) is 28.4 Å². The topological polar surface area (TPSA) is 87.0 Å². The third-order valence-electron chi connectivity index (χ3n) is 1.83. The van der Waals surface area contributed by atoms with E-state index in [1.165, 1.54) is 19.2 Å². The van der Waals surface area contributed by atoms with Gasteiger partial charge in [-0.25, -0.2) is 4.79 Å². The van der Waals surface area contributed by atoms with Gasteiger partial charge >= 0.3 is 5.97 Å². The van der Waals surface area contributed by atoms with Gasteiger partial charge in [0.1, 0.15) is 11.5 Å². The van der Waals surface area contributed by atoms with Crippen LogP contribution in [0.5, 0.6) is 11.5 Å². The molecular formula is C9H9BrO5. The average Bonchev–Trinajstić information content (AvgIpc) is 2.17. The molecule has 0 fully saturated rings. The Morgan fingerprint density at radius 3 is 2.60 bits per heavy atom. The highest BCUT2D eigenvalue weighted by Gasteiger charge is 2.21. The number of aliphatic hydroxyl groups is 1. The van der Waals surface area contributed by atoms with Crippen LogP contribution in [0.15, 0.2) is 16.6 Å². The zero-order chi connectivity index (χ0) is 11.6. The Hall–Kier alpha value is -1.27.